The van der Waals surface area contributed by atoms with Gasteiger partial charge in [-0.25, -0.2) is 4.79 Å². The number of carboxylic acid groups (broad SMARTS) is 1. The number of hydrogen-bond acceptors (Lipinski definition) is 1. The van der Waals surface area contributed by atoms with Gasteiger partial charge in [-0.05, 0) is 30.7 Å². The van der Waals surface area contributed by atoms with Crippen LogP contribution in [0.15, 0.2) is 18.2 Å². The molecule has 0 aliphatic heterocycles. The second-order valence-electron chi connectivity index (χ2n) is 3.18. The molecule has 2 N–H and O–H groups in total. The van der Waals surface area contributed by atoms with E-state index in [4.69, 9.17) is 16.7 Å². The van der Waals surface area contributed by atoms with Crippen LogP contribution in [0.3, 0.4) is 0 Å². The van der Waals surface area contributed by atoms with E-state index < -0.39 is 5.97 Å². The fourth-order valence-corrected chi connectivity index (χ4v) is 1.55. The number of aromatic carboxylic acids is 1. The van der Waals surface area contributed by atoms with Crippen molar-refractivity contribution < 1.29 is 9.90 Å². The molecule has 1 aromatic heterocycles. The summed E-state index contributed by atoms with van der Waals surface area (Å²) in [6.45, 7) is 1.88. The van der Waals surface area contributed by atoms with Gasteiger partial charge in [0.2, 0.25) is 0 Å². The standard InChI is InChI=1S/C10H8ClNO2/c1-5-2-8-6(3-7(5)11)4-9(12-8)10(13)14/h2-4,12H,1H3,(H,13,14). The highest BCUT2D eigenvalue weighted by atomic mass is 35.5. The van der Waals surface area contributed by atoms with Crippen LogP contribution in [0.25, 0.3) is 10.9 Å². The average Bonchev–Trinajstić information content (AvgIpc) is 2.48. The molecule has 0 amide bonds. The Hall–Kier alpha value is -1.48. The molecule has 72 valence electrons. The van der Waals surface area contributed by atoms with Crippen molar-refractivity contribution in [3.8, 4) is 0 Å². The van der Waals surface area contributed by atoms with Gasteiger partial charge in [-0.15, -0.1) is 0 Å². The summed E-state index contributed by atoms with van der Waals surface area (Å²) in [5, 5.41) is 10.2. The van der Waals surface area contributed by atoms with Crippen LogP contribution in [0.2, 0.25) is 5.02 Å². The van der Waals surface area contributed by atoms with E-state index in [9.17, 15) is 4.79 Å². The monoisotopic (exact) mass is 209 g/mol. The lowest BCUT2D eigenvalue weighted by atomic mass is 10.2. The SMILES string of the molecule is Cc1cc2[nH]c(C(=O)O)cc2cc1Cl. The van der Waals surface area contributed by atoms with E-state index in [0.29, 0.717) is 5.02 Å². The highest BCUT2D eigenvalue weighted by Crippen LogP contribution is 2.23. The van der Waals surface area contributed by atoms with Gasteiger partial charge in [0.1, 0.15) is 5.69 Å². The van der Waals surface area contributed by atoms with Gasteiger partial charge < -0.3 is 10.1 Å². The molecule has 1 aromatic carbocycles. The summed E-state index contributed by atoms with van der Waals surface area (Å²) in [5.74, 6) is -0.963. The van der Waals surface area contributed by atoms with Crippen LogP contribution in [-0.4, -0.2) is 16.1 Å². The second kappa shape index (κ2) is 3.03. The van der Waals surface area contributed by atoms with Gasteiger partial charge in [0.25, 0.3) is 0 Å². The predicted octanol–water partition coefficient (Wildman–Crippen LogP) is 2.83. The van der Waals surface area contributed by atoms with Crippen molar-refractivity contribution in [1.82, 2.24) is 4.98 Å². The zero-order valence-corrected chi connectivity index (χ0v) is 8.22. The van der Waals surface area contributed by atoms with Crippen molar-refractivity contribution in [2.24, 2.45) is 0 Å². The van der Waals surface area contributed by atoms with Crippen LogP contribution in [0.5, 0.6) is 0 Å². The van der Waals surface area contributed by atoms with E-state index >= 15 is 0 Å². The van der Waals surface area contributed by atoms with Crippen LogP contribution in [0, 0.1) is 6.92 Å². The van der Waals surface area contributed by atoms with E-state index in [1.165, 1.54) is 0 Å². The summed E-state index contributed by atoms with van der Waals surface area (Å²) >= 11 is 5.92. The minimum atomic E-state index is -0.963. The maximum absolute atomic E-state index is 10.7. The number of benzene rings is 1. The van der Waals surface area contributed by atoms with Gasteiger partial charge in [-0.3, -0.25) is 0 Å². The molecule has 0 bridgehead atoms. The van der Waals surface area contributed by atoms with Gasteiger partial charge >= 0.3 is 5.97 Å². The van der Waals surface area contributed by atoms with Gasteiger partial charge in [0.05, 0.1) is 0 Å². The van der Waals surface area contributed by atoms with Crippen LogP contribution in [-0.2, 0) is 0 Å². The number of nitrogens with one attached hydrogen (secondary N) is 1. The number of aryl methyl sites for hydroxylation is 1. The Morgan fingerprint density at radius 3 is 2.79 bits per heavy atom. The van der Waals surface area contributed by atoms with Gasteiger partial charge in [0, 0.05) is 15.9 Å². The van der Waals surface area contributed by atoms with Crippen LogP contribution >= 0.6 is 11.6 Å². The predicted molar refractivity (Wildman–Crippen MR) is 55.0 cm³/mol. The molecule has 0 atom stereocenters. The van der Waals surface area contributed by atoms with Crippen LogP contribution in [0.1, 0.15) is 16.1 Å². The number of aromatic amines is 1. The Morgan fingerprint density at radius 1 is 1.43 bits per heavy atom. The first-order valence-electron chi connectivity index (χ1n) is 4.10. The topological polar surface area (TPSA) is 53.1 Å². The Labute approximate surface area is 85.3 Å². The summed E-state index contributed by atoms with van der Waals surface area (Å²) in [4.78, 5) is 13.5. The molecule has 14 heavy (non-hydrogen) atoms. The molecule has 0 aliphatic rings. The molecule has 0 radical (unpaired) electrons. The normalized spacial score (nSPS) is 10.7. The lowest BCUT2D eigenvalue weighted by Crippen LogP contribution is -1.94. The minimum Gasteiger partial charge on any atom is -0.477 e. The molecule has 0 saturated heterocycles. The summed E-state index contributed by atoms with van der Waals surface area (Å²) < 4.78 is 0. The van der Waals surface area contributed by atoms with Gasteiger partial charge in [-0.1, -0.05) is 11.6 Å². The molecule has 0 saturated carbocycles. The van der Waals surface area contributed by atoms with Crippen molar-refractivity contribution in [1.29, 1.82) is 0 Å². The van der Waals surface area contributed by atoms with Crippen molar-refractivity contribution >= 4 is 28.5 Å². The number of carbonyl (C=O) groups is 1. The maximum Gasteiger partial charge on any atom is 0.352 e. The molecule has 0 unspecified atom stereocenters. The largest absolute Gasteiger partial charge is 0.477 e. The average molecular weight is 210 g/mol. The lowest BCUT2D eigenvalue weighted by Gasteiger charge is -1.96. The van der Waals surface area contributed by atoms with Crippen LogP contribution in [0.4, 0.5) is 0 Å². The van der Waals surface area contributed by atoms with Crippen molar-refractivity contribution in [3.63, 3.8) is 0 Å². The summed E-state index contributed by atoms with van der Waals surface area (Å²) in [6, 6.07) is 5.17. The number of H-pyrrole nitrogens is 1. The van der Waals surface area contributed by atoms with E-state index in [0.717, 1.165) is 16.5 Å². The molecule has 0 aliphatic carbocycles. The van der Waals surface area contributed by atoms with Crippen molar-refractivity contribution in [2.45, 2.75) is 6.92 Å². The Bertz CT molecular complexity index is 477. The first-order valence-corrected chi connectivity index (χ1v) is 4.48. The molecule has 0 fully saturated rings. The highest BCUT2D eigenvalue weighted by Gasteiger charge is 2.08. The summed E-state index contributed by atoms with van der Waals surface area (Å²) in [5.41, 5.74) is 1.91. The van der Waals surface area contributed by atoms with Crippen molar-refractivity contribution in [2.75, 3.05) is 0 Å². The van der Waals surface area contributed by atoms with Gasteiger partial charge in [0.15, 0.2) is 0 Å². The smallest absolute Gasteiger partial charge is 0.352 e. The molecule has 2 aromatic rings. The lowest BCUT2D eigenvalue weighted by molar-refractivity contribution is 0.0691. The fourth-order valence-electron chi connectivity index (χ4n) is 1.38. The molecule has 3 nitrogen and oxygen atoms in total. The number of aromatic nitrogens is 1. The Balaban J connectivity index is 2.72. The first-order chi connectivity index (χ1) is 6.58. The Morgan fingerprint density at radius 2 is 2.14 bits per heavy atom. The Kier molecular flexibility index (Phi) is 1.97. The third kappa shape index (κ3) is 1.36. The first kappa shape index (κ1) is 9.09. The molecule has 4 heteroatoms. The molecule has 2 rings (SSSR count). The number of hydrogen-bond donors (Lipinski definition) is 2. The quantitative estimate of drug-likeness (QED) is 0.759. The summed E-state index contributed by atoms with van der Waals surface area (Å²) in [7, 11) is 0. The number of rotatable bonds is 1. The maximum atomic E-state index is 10.7. The molecule has 1 heterocycles. The highest BCUT2D eigenvalue weighted by molar-refractivity contribution is 6.32. The van der Waals surface area contributed by atoms with E-state index in [1.54, 1.807) is 12.1 Å². The van der Waals surface area contributed by atoms with E-state index in [1.807, 2.05) is 13.0 Å². The fraction of sp³-hybridized carbons (Fsp3) is 0.100. The molecular weight excluding hydrogens is 202 g/mol. The summed E-state index contributed by atoms with van der Waals surface area (Å²) in [6.07, 6.45) is 0. The zero-order valence-electron chi connectivity index (χ0n) is 7.47. The number of halogens is 1. The zero-order chi connectivity index (χ0) is 10.3. The van der Waals surface area contributed by atoms with Crippen LogP contribution < -0.4 is 0 Å². The second-order valence-corrected chi connectivity index (χ2v) is 3.58. The number of fused-ring (bicyclic) bond motifs is 1. The van der Waals surface area contributed by atoms with E-state index in [2.05, 4.69) is 4.98 Å². The van der Waals surface area contributed by atoms with Crippen molar-refractivity contribution in [3.05, 3.63) is 34.5 Å². The number of carboxylic acids is 1. The molecule has 0 spiro atoms. The third-order valence-corrected chi connectivity index (χ3v) is 2.54. The molecular formula is C10H8ClNO2. The third-order valence-electron chi connectivity index (χ3n) is 2.13. The minimum absolute atomic E-state index is 0.182. The van der Waals surface area contributed by atoms with Gasteiger partial charge in [-0.2, -0.15) is 0 Å². The van der Waals surface area contributed by atoms with E-state index in [-0.39, 0.29) is 5.69 Å².